The van der Waals surface area contributed by atoms with E-state index in [-0.39, 0.29) is 18.4 Å². The molecule has 0 rings (SSSR count). The van der Waals surface area contributed by atoms with Crippen molar-refractivity contribution in [2.24, 2.45) is 5.92 Å². The Morgan fingerprint density at radius 1 is 1.44 bits per heavy atom. The summed E-state index contributed by atoms with van der Waals surface area (Å²) in [6, 6.07) is 0. The summed E-state index contributed by atoms with van der Waals surface area (Å²) < 4.78 is 5.01. The van der Waals surface area contributed by atoms with E-state index in [9.17, 15) is 9.59 Å². The van der Waals surface area contributed by atoms with Crippen LogP contribution >= 0.6 is 0 Å². The van der Waals surface area contributed by atoms with Crippen molar-refractivity contribution in [3.63, 3.8) is 0 Å². The van der Waals surface area contributed by atoms with Gasteiger partial charge in [0.2, 0.25) is 5.91 Å². The number of carbonyl (C=O) groups is 2. The fourth-order valence-electron chi connectivity index (χ4n) is 1.07. The van der Waals surface area contributed by atoms with Gasteiger partial charge in [0.1, 0.15) is 6.54 Å². The Hall–Kier alpha value is -1.32. The third kappa shape index (κ3) is 7.04. The second-order valence-electron chi connectivity index (χ2n) is 4.09. The molecule has 92 valence electrons. The van der Waals surface area contributed by atoms with Crippen molar-refractivity contribution in [1.29, 1.82) is 0 Å². The number of hydrogen-bond donors (Lipinski definition) is 0. The molecular formula is C12H21NO3. The van der Waals surface area contributed by atoms with Gasteiger partial charge in [0.15, 0.2) is 0 Å². The zero-order chi connectivity index (χ0) is 12.6. The summed E-state index contributed by atoms with van der Waals surface area (Å²) >= 11 is 0. The number of nitrogens with zero attached hydrogens (tertiary/aromatic N) is 1. The lowest BCUT2D eigenvalue weighted by Gasteiger charge is -2.18. The van der Waals surface area contributed by atoms with Gasteiger partial charge >= 0.3 is 5.97 Å². The number of carbonyl (C=O) groups excluding carboxylic acids is 2. The lowest BCUT2D eigenvalue weighted by molar-refractivity contribution is -0.148. The summed E-state index contributed by atoms with van der Waals surface area (Å²) in [7, 11) is 0. The van der Waals surface area contributed by atoms with E-state index in [4.69, 9.17) is 4.74 Å². The summed E-state index contributed by atoms with van der Waals surface area (Å²) in [6.45, 7) is 9.86. The summed E-state index contributed by atoms with van der Waals surface area (Å²) in [5.41, 5.74) is 0. The molecule has 0 spiro atoms. The van der Waals surface area contributed by atoms with Crippen LogP contribution in [-0.2, 0) is 14.3 Å². The molecule has 1 amide bonds. The second kappa shape index (κ2) is 7.91. The maximum Gasteiger partial charge on any atom is 0.325 e. The maximum atomic E-state index is 11.4. The third-order valence-electron chi connectivity index (χ3n) is 2.07. The van der Waals surface area contributed by atoms with Crippen LogP contribution < -0.4 is 0 Å². The lowest BCUT2D eigenvalue weighted by atomic mass is 10.1. The molecule has 0 aromatic carbocycles. The molecule has 4 heteroatoms. The molecule has 16 heavy (non-hydrogen) atoms. The predicted octanol–water partition coefficient (Wildman–Crippen LogP) is 1.61. The van der Waals surface area contributed by atoms with Gasteiger partial charge in [0, 0.05) is 13.5 Å². The average Bonchev–Trinajstić information content (AvgIpc) is 2.16. The first kappa shape index (κ1) is 14.7. The van der Waals surface area contributed by atoms with Crippen molar-refractivity contribution in [2.75, 3.05) is 19.7 Å². The molecule has 4 nitrogen and oxygen atoms in total. The normalized spacial score (nSPS) is 10.0. The predicted molar refractivity (Wildman–Crippen MR) is 62.9 cm³/mol. The van der Waals surface area contributed by atoms with E-state index in [1.54, 1.807) is 6.08 Å². The Morgan fingerprint density at radius 3 is 2.50 bits per heavy atom. The van der Waals surface area contributed by atoms with Gasteiger partial charge in [-0.2, -0.15) is 0 Å². The van der Waals surface area contributed by atoms with E-state index < -0.39 is 0 Å². The van der Waals surface area contributed by atoms with Crippen LogP contribution in [0.4, 0.5) is 0 Å². The Bertz CT molecular complexity index is 249. The zero-order valence-corrected chi connectivity index (χ0v) is 10.4. The van der Waals surface area contributed by atoms with Gasteiger partial charge in [-0.1, -0.05) is 19.9 Å². The van der Waals surface area contributed by atoms with Crippen LogP contribution in [0, 0.1) is 5.92 Å². The van der Waals surface area contributed by atoms with E-state index >= 15 is 0 Å². The first-order valence-corrected chi connectivity index (χ1v) is 5.49. The third-order valence-corrected chi connectivity index (χ3v) is 2.07. The number of esters is 1. The molecule has 0 heterocycles. The molecule has 0 atom stereocenters. The quantitative estimate of drug-likeness (QED) is 0.490. The minimum Gasteiger partial charge on any atom is -0.464 e. The largest absolute Gasteiger partial charge is 0.464 e. The van der Waals surface area contributed by atoms with E-state index in [1.807, 2.05) is 0 Å². The minimum atomic E-state index is -0.363. The molecule has 0 fully saturated rings. The molecule has 0 N–H and O–H groups in total. The summed E-state index contributed by atoms with van der Waals surface area (Å²) in [6.07, 6.45) is 2.43. The number of hydrogen-bond acceptors (Lipinski definition) is 3. The highest BCUT2D eigenvalue weighted by Crippen LogP contribution is 2.00. The van der Waals surface area contributed by atoms with Gasteiger partial charge in [-0.25, -0.2) is 0 Å². The molecule has 0 saturated carbocycles. The summed E-state index contributed by atoms with van der Waals surface area (Å²) in [5, 5.41) is 0. The molecule has 0 unspecified atom stereocenters. The van der Waals surface area contributed by atoms with Crippen LogP contribution in [-0.4, -0.2) is 36.5 Å². The maximum absolute atomic E-state index is 11.4. The summed E-state index contributed by atoms with van der Waals surface area (Å²) in [4.78, 5) is 23.9. The lowest BCUT2D eigenvalue weighted by Crippen LogP contribution is -2.35. The number of rotatable bonds is 7. The first-order chi connectivity index (χ1) is 7.47. The fourth-order valence-corrected chi connectivity index (χ4v) is 1.07. The number of amides is 1. The van der Waals surface area contributed by atoms with E-state index in [0.717, 1.165) is 6.42 Å². The Kier molecular flexibility index (Phi) is 7.25. The SMILES string of the molecule is C=CCN(CC(=O)OCCC(C)C)C(C)=O. The average molecular weight is 227 g/mol. The van der Waals surface area contributed by atoms with Gasteiger partial charge in [-0.15, -0.1) is 6.58 Å². The van der Waals surface area contributed by atoms with Crippen molar-refractivity contribution in [3.05, 3.63) is 12.7 Å². The van der Waals surface area contributed by atoms with Gasteiger partial charge in [0.25, 0.3) is 0 Å². The Balaban J connectivity index is 3.91. The molecule has 0 aromatic heterocycles. The highest BCUT2D eigenvalue weighted by molar-refractivity contribution is 5.80. The molecule has 0 aromatic rings. The minimum absolute atomic E-state index is 0.000547. The molecule has 0 radical (unpaired) electrons. The van der Waals surface area contributed by atoms with E-state index in [2.05, 4.69) is 20.4 Å². The molecule has 0 aliphatic heterocycles. The molecule has 0 saturated heterocycles. The van der Waals surface area contributed by atoms with Gasteiger partial charge < -0.3 is 9.64 Å². The van der Waals surface area contributed by atoms with Crippen molar-refractivity contribution < 1.29 is 14.3 Å². The highest BCUT2D eigenvalue weighted by Gasteiger charge is 2.12. The van der Waals surface area contributed by atoms with Crippen molar-refractivity contribution in [3.8, 4) is 0 Å². The number of ether oxygens (including phenoxy) is 1. The Morgan fingerprint density at radius 2 is 2.06 bits per heavy atom. The molecule has 0 bridgehead atoms. The molecule has 0 aliphatic rings. The summed E-state index contributed by atoms with van der Waals surface area (Å²) in [5.74, 6) is -0.0108. The van der Waals surface area contributed by atoms with Crippen molar-refractivity contribution in [2.45, 2.75) is 27.2 Å². The molecular weight excluding hydrogens is 206 g/mol. The van der Waals surface area contributed by atoms with Crippen molar-refractivity contribution in [1.82, 2.24) is 4.90 Å². The van der Waals surface area contributed by atoms with Crippen LogP contribution in [0.25, 0.3) is 0 Å². The molecule has 0 aliphatic carbocycles. The van der Waals surface area contributed by atoms with Gasteiger partial charge in [0.05, 0.1) is 6.61 Å². The van der Waals surface area contributed by atoms with Gasteiger partial charge in [-0.3, -0.25) is 9.59 Å². The zero-order valence-electron chi connectivity index (χ0n) is 10.4. The van der Waals surface area contributed by atoms with Crippen LogP contribution in [0.2, 0.25) is 0 Å². The van der Waals surface area contributed by atoms with Crippen molar-refractivity contribution >= 4 is 11.9 Å². The van der Waals surface area contributed by atoms with Crippen LogP contribution in [0.15, 0.2) is 12.7 Å². The van der Waals surface area contributed by atoms with Crippen LogP contribution in [0.3, 0.4) is 0 Å². The fraction of sp³-hybridized carbons (Fsp3) is 0.667. The highest BCUT2D eigenvalue weighted by atomic mass is 16.5. The van der Waals surface area contributed by atoms with E-state index in [1.165, 1.54) is 11.8 Å². The first-order valence-electron chi connectivity index (χ1n) is 5.49. The van der Waals surface area contributed by atoms with Crippen LogP contribution in [0.1, 0.15) is 27.2 Å². The van der Waals surface area contributed by atoms with E-state index in [0.29, 0.717) is 19.1 Å². The second-order valence-corrected chi connectivity index (χ2v) is 4.09. The topological polar surface area (TPSA) is 46.6 Å². The standard InChI is InChI=1S/C12H21NO3/c1-5-7-13(11(4)14)9-12(15)16-8-6-10(2)3/h5,10H,1,6-9H2,2-4H3. The van der Waals surface area contributed by atoms with Crippen LogP contribution in [0.5, 0.6) is 0 Å². The smallest absolute Gasteiger partial charge is 0.325 e. The Labute approximate surface area is 97.3 Å². The van der Waals surface area contributed by atoms with Gasteiger partial charge in [-0.05, 0) is 12.3 Å². The monoisotopic (exact) mass is 227 g/mol.